The van der Waals surface area contributed by atoms with Crippen molar-refractivity contribution in [2.24, 2.45) is 0 Å². The molecule has 1 aliphatic heterocycles. The fourth-order valence-electron chi connectivity index (χ4n) is 3.80. The molecule has 0 N–H and O–H groups in total. The van der Waals surface area contributed by atoms with E-state index in [0.29, 0.717) is 36.0 Å². The summed E-state index contributed by atoms with van der Waals surface area (Å²) in [6.45, 7) is 3.85. The summed E-state index contributed by atoms with van der Waals surface area (Å²) >= 11 is 6.08. The van der Waals surface area contributed by atoms with Gasteiger partial charge in [0.2, 0.25) is 5.75 Å². The molecule has 0 bridgehead atoms. The number of ether oxygens (including phenoxy) is 3. The maximum atomic E-state index is 12.9. The minimum absolute atomic E-state index is 0.0778. The lowest BCUT2D eigenvalue weighted by molar-refractivity contribution is 0.0620. The number of carbonyl (C=O) groups is 1. The van der Waals surface area contributed by atoms with Crippen molar-refractivity contribution in [2.75, 3.05) is 40.4 Å². The van der Waals surface area contributed by atoms with Crippen molar-refractivity contribution >= 4 is 17.5 Å². The van der Waals surface area contributed by atoms with Gasteiger partial charge in [-0.25, -0.2) is 4.68 Å². The number of benzene rings is 2. The number of nitrogens with zero attached hydrogens (tertiary/aromatic N) is 4. The highest BCUT2D eigenvalue weighted by molar-refractivity contribution is 6.30. The van der Waals surface area contributed by atoms with Gasteiger partial charge < -0.3 is 19.1 Å². The summed E-state index contributed by atoms with van der Waals surface area (Å²) in [6, 6.07) is 15.0. The van der Waals surface area contributed by atoms with Crippen LogP contribution in [0.15, 0.2) is 54.7 Å². The summed E-state index contributed by atoms with van der Waals surface area (Å²) in [7, 11) is 3.14. The van der Waals surface area contributed by atoms with Gasteiger partial charge in [-0.1, -0.05) is 29.8 Å². The zero-order chi connectivity index (χ0) is 23.2. The lowest BCUT2D eigenvalue weighted by Crippen LogP contribution is -2.48. The van der Waals surface area contributed by atoms with Crippen LogP contribution in [0.25, 0.3) is 0 Å². The number of piperazine rings is 1. The Morgan fingerprint density at radius 1 is 1.00 bits per heavy atom. The molecule has 0 radical (unpaired) electrons. The lowest BCUT2D eigenvalue weighted by atomic mass is 10.2. The number of methoxy groups -OCH3 is 2. The third-order valence-corrected chi connectivity index (χ3v) is 5.77. The largest absolute Gasteiger partial charge is 0.493 e. The number of hydrogen-bond acceptors (Lipinski definition) is 6. The van der Waals surface area contributed by atoms with Crippen molar-refractivity contribution in [1.82, 2.24) is 19.6 Å². The highest BCUT2D eigenvalue weighted by Gasteiger charge is 2.24. The van der Waals surface area contributed by atoms with Gasteiger partial charge in [-0.05, 0) is 35.9 Å². The van der Waals surface area contributed by atoms with E-state index in [4.69, 9.17) is 25.8 Å². The van der Waals surface area contributed by atoms with Gasteiger partial charge in [-0.3, -0.25) is 9.69 Å². The fraction of sp³-hybridized carbons (Fsp3) is 0.333. The lowest BCUT2D eigenvalue weighted by Gasteiger charge is -2.34. The maximum Gasteiger partial charge on any atom is 0.274 e. The van der Waals surface area contributed by atoms with Crippen LogP contribution >= 0.6 is 11.6 Å². The quantitative estimate of drug-likeness (QED) is 0.501. The second-order valence-electron chi connectivity index (χ2n) is 7.70. The summed E-state index contributed by atoms with van der Waals surface area (Å²) in [6.07, 6.45) is 1.73. The van der Waals surface area contributed by atoms with E-state index in [1.807, 2.05) is 29.2 Å². The number of rotatable bonds is 8. The van der Waals surface area contributed by atoms with Gasteiger partial charge in [0.15, 0.2) is 23.9 Å². The first-order chi connectivity index (χ1) is 16.1. The van der Waals surface area contributed by atoms with Gasteiger partial charge >= 0.3 is 0 Å². The molecule has 0 aliphatic carbocycles. The van der Waals surface area contributed by atoms with Crippen LogP contribution in [0.2, 0.25) is 5.02 Å². The summed E-state index contributed by atoms with van der Waals surface area (Å²) < 4.78 is 18.1. The van der Waals surface area contributed by atoms with Crippen molar-refractivity contribution in [3.63, 3.8) is 0 Å². The number of hydrogen-bond donors (Lipinski definition) is 0. The van der Waals surface area contributed by atoms with Crippen molar-refractivity contribution < 1.29 is 19.0 Å². The van der Waals surface area contributed by atoms with E-state index in [1.165, 1.54) is 5.56 Å². The molecule has 4 rings (SSSR count). The van der Waals surface area contributed by atoms with Gasteiger partial charge in [0.05, 0.1) is 14.2 Å². The van der Waals surface area contributed by atoms with Gasteiger partial charge in [0.1, 0.15) is 0 Å². The molecular weight excluding hydrogens is 444 g/mol. The summed E-state index contributed by atoms with van der Waals surface area (Å²) in [5.41, 5.74) is 1.57. The van der Waals surface area contributed by atoms with Gasteiger partial charge in [0.25, 0.3) is 5.91 Å². The summed E-state index contributed by atoms with van der Waals surface area (Å²) in [4.78, 5) is 17.1. The van der Waals surface area contributed by atoms with Crippen LogP contribution in [0, 0.1) is 0 Å². The first-order valence-corrected chi connectivity index (χ1v) is 11.1. The summed E-state index contributed by atoms with van der Waals surface area (Å²) in [5.74, 6) is 1.54. The Morgan fingerprint density at radius 2 is 1.70 bits per heavy atom. The van der Waals surface area contributed by atoms with Crippen molar-refractivity contribution in [3.05, 3.63) is 71.0 Å². The maximum absolute atomic E-state index is 12.9. The standard InChI is InChI=1S/C24H27ClN4O4/c1-31-21-7-4-8-22(32-2)23(21)33-17-29-10-9-20(26-29)24(30)28-13-11-27(12-14-28)16-18-5-3-6-19(25)15-18/h3-10,15H,11-14,16-17H2,1-2H3. The Hall–Kier alpha value is -3.23. The molecule has 174 valence electrons. The number of amides is 1. The molecule has 1 saturated heterocycles. The average molecular weight is 471 g/mol. The zero-order valence-corrected chi connectivity index (χ0v) is 19.5. The monoisotopic (exact) mass is 470 g/mol. The minimum atomic E-state index is -0.0778. The SMILES string of the molecule is COc1cccc(OC)c1OCn1ccc(C(=O)N2CCN(Cc3cccc(Cl)c3)CC2)n1. The Balaban J connectivity index is 1.31. The minimum Gasteiger partial charge on any atom is -0.493 e. The van der Waals surface area contributed by atoms with Crippen LogP contribution in [0.3, 0.4) is 0 Å². The molecule has 9 heteroatoms. The molecule has 1 aromatic heterocycles. The van der Waals surface area contributed by atoms with Crippen LogP contribution in [0.1, 0.15) is 16.1 Å². The van der Waals surface area contributed by atoms with Crippen molar-refractivity contribution in [1.29, 1.82) is 0 Å². The van der Waals surface area contributed by atoms with Gasteiger partial charge in [-0.15, -0.1) is 0 Å². The van der Waals surface area contributed by atoms with Crippen LogP contribution in [0.4, 0.5) is 0 Å². The Labute approximate surface area is 198 Å². The second kappa shape index (κ2) is 10.6. The molecule has 0 atom stereocenters. The highest BCUT2D eigenvalue weighted by Crippen LogP contribution is 2.36. The molecule has 8 nitrogen and oxygen atoms in total. The Morgan fingerprint density at radius 3 is 2.36 bits per heavy atom. The number of carbonyl (C=O) groups excluding carboxylic acids is 1. The van der Waals surface area contributed by atoms with E-state index < -0.39 is 0 Å². The summed E-state index contributed by atoms with van der Waals surface area (Å²) in [5, 5.41) is 5.14. The molecule has 0 saturated carbocycles. The Bertz CT molecular complexity index is 1070. The predicted molar refractivity (Wildman–Crippen MR) is 125 cm³/mol. The van der Waals surface area contributed by atoms with E-state index in [2.05, 4.69) is 16.1 Å². The molecule has 2 aromatic carbocycles. The smallest absolute Gasteiger partial charge is 0.274 e. The van der Waals surface area contributed by atoms with Gasteiger partial charge in [-0.2, -0.15) is 5.10 Å². The third-order valence-electron chi connectivity index (χ3n) is 5.54. The second-order valence-corrected chi connectivity index (χ2v) is 8.14. The first kappa shape index (κ1) is 22.9. The van der Waals surface area contributed by atoms with E-state index in [0.717, 1.165) is 24.7 Å². The number of para-hydroxylation sites is 1. The van der Waals surface area contributed by atoms with E-state index in [-0.39, 0.29) is 12.6 Å². The van der Waals surface area contributed by atoms with Crippen LogP contribution < -0.4 is 14.2 Å². The van der Waals surface area contributed by atoms with E-state index >= 15 is 0 Å². The number of halogens is 1. The highest BCUT2D eigenvalue weighted by atomic mass is 35.5. The molecule has 1 amide bonds. The van der Waals surface area contributed by atoms with Crippen LogP contribution in [0.5, 0.6) is 17.2 Å². The molecule has 1 fully saturated rings. The van der Waals surface area contributed by atoms with Crippen LogP contribution in [-0.4, -0.2) is 65.9 Å². The molecule has 1 aliphatic rings. The zero-order valence-electron chi connectivity index (χ0n) is 18.7. The Kier molecular flexibility index (Phi) is 7.36. The predicted octanol–water partition coefficient (Wildman–Crippen LogP) is 3.55. The van der Waals surface area contributed by atoms with Crippen LogP contribution in [-0.2, 0) is 13.3 Å². The fourth-order valence-corrected chi connectivity index (χ4v) is 4.02. The first-order valence-electron chi connectivity index (χ1n) is 10.7. The average Bonchev–Trinajstić information content (AvgIpc) is 3.31. The molecule has 0 spiro atoms. The van der Waals surface area contributed by atoms with E-state index in [1.54, 1.807) is 43.3 Å². The molecular formula is C24H27ClN4O4. The van der Waals surface area contributed by atoms with Crippen molar-refractivity contribution in [2.45, 2.75) is 13.3 Å². The number of aromatic nitrogens is 2. The normalized spacial score (nSPS) is 14.2. The van der Waals surface area contributed by atoms with Crippen molar-refractivity contribution in [3.8, 4) is 17.2 Å². The molecule has 2 heterocycles. The molecule has 3 aromatic rings. The molecule has 0 unspecified atom stereocenters. The molecule has 33 heavy (non-hydrogen) atoms. The third kappa shape index (κ3) is 5.58. The van der Waals surface area contributed by atoms with E-state index in [9.17, 15) is 4.79 Å². The topological polar surface area (TPSA) is 69.1 Å². The van der Waals surface area contributed by atoms with Gasteiger partial charge in [0, 0.05) is 43.9 Å².